The number of fused-ring (bicyclic) bond motifs is 2. The Morgan fingerprint density at radius 2 is 2.03 bits per heavy atom. The zero-order chi connectivity index (χ0) is 21.6. The molecule has 0 amide bonds. The van der Waals surface area contributed by atoms with Gasteiger partial charge in [0.25, 0.3) is 10.0 Å². The molecule has 4 aromatic rings. The third-order valence-corrected chi connectivity index (χ3v) is 8.06. The molecule has 10 heteroatoms. The Morgan fingerprint density at radius 1 is 1.23 bits per heavy atom. The summed E-state index contributed by atoms with van der Waals surface area (Å²) in [6, 6.07) is 10.3. The first-order valence-electron chi connectivity index (χ1n) is 10.1. The van der Waals surface area contributed by atoms with Crippen LogP contribution in [0.5, 0.6) is 0 Å². The van der Waals surface area contributed by atoms with E-state index < -0.39 is 15.8 Å². The molecule has 0 aliphatic carbocycles. The molecule has 0 bridgehead atoms. The predicted molar refractivity (Wildman–Crippen MR) is 121 cm³/mol. The molecule has 0 unspecified atom stereocenters. The maximum atomic E-state index is 12.8. The molecule has 0 spiro atoms. The number of H-pyrrole nitrogens is 1. The van der Waals surface area contributed by atoms with E-state index in [9.17, 15) is 13.2 Å². The number of likely N-dealkylation sites (tertiary alicyclic amines) is 1. The zero-order valence-corrected chi connectivity index (χ0v) is 18.6. The van der Waals surface area contributed by atoms with Crippen molar-refractivity contribution in [3.8, 4) is 0 Å². The first kappa shape index (κ1) is 20.2. The van der Waals surface area contributed by atoms with Gasteiger partial charge in [0.05, 0.1) is 20.6 Å². The van der Waals surface area contributed by atoms with Crippen LogP contribution >= 0.6 is 11.3 Å². The van der Waals surface area contributed by atoms with Crippen LogP contribution < -0.4 is 10.5 Å². The van der Waals surface area contributed by atoms with Crippen molar-refractivity contribution >= 4 is 47.8 Å². The quantitative estimate of drug-likeness (QED) is 0.471. The highest BCUT2D eigenvalue weighted by atomic mass is 32.2. The molecule has 0 atom stereocenters. The topological polar surface area (TPSA) is 108 Å². The minimum atomic E-state index is -3.87. The number of hydrogen-bond acceptors (Lipinski definition) is 7. The summed E-state index contributed by atoms with van der Waals surface area (Å²) in [6.45, 7) is 5.41. The van der Waals surface area contributed by atoms with Crippen molar-refractivity contribution in [3.63, 3.8) is 0 Å². The Hall–Kier alpha value is -2.69. The Balaban J connectivity index is 1.36. The number of hydrogen-bond donors (Lipinski definition) is 2. The number of rotatable bonds is 5. The highest BCUT2D eigenvalue weighted by molar-refractivity contribution is 7.93. The van der Waals surface area contributed by atoms with Gasteiger partial charge < -0.3 is 4.42 Å². The van der Waals surface area contributed by atoms with E-state index in [0.29, 0.717) is 10.6 Å². The molecule has 3 heterocycles. The van der Waals surface area contributed by atoms with E-state index in [1.54, 1.807) is 0 Å². The summed E-state index contributed by atoms with van der Waals surface area (Å²) >= 11 is 1.30. The lowest BCUT2D eigenvalue weighted by Gasteiger charge is -2.30. The van der Waals surface area contributed by atoms with E-state index in [0.717, 1.165) is 35.8 Å². The first-order valence-corrected chi connectivity index (χ1v) is 12.4. The van der Waals surface area contributed by atoms with Gasteiger partial charge in [-0.15, -0.1) is 0 Å². The van der Waals surface area contributed by atoms with E-state index in [2.05, 4.69) is 38.6 Å². The molecular formula is C21H22N4O4S2. The number of anilines is 1. The third kappa shape index (κ3) is 4.23. The van der Waals surface area contributed by atoms with Crippen LogP contribution in [0.4, 0.5) is 5.13 Å². The van der Waals surface area contributed by atoms with Crippen molar-refractivity contribution in [2.24, 2.45) is 5.92 Å². The Kier molecular flexibility index (Phi) is 5.07. The minimum Gasteiger partial charge on any atom is -0.408 e. The summed E-state index contributed by atoms with van der Waals surface area (Å²) in [6.07, 6.45) is 2.46. The van der Waals surface area contributed by atoms with E-state index in [1.807, 2.05) is 6.07 Å². The number of benzene rings is 2. The molecule has 2 aromatic carbocycles. The average Bonchev–Trinajstić information content (AvgIpc) is 3.29. The second-order valence-corrected chi connectivity index (χ2v) is 10.8. The molecule has 2 N–H and O–H groups in total. The van der Waals surface area contributed by atoms with Gasteiger partial charge in [0.2, 0.25) is 0 Å². The maximum absolute atomic E-state index is 12.8. The third-order valence-electron chi connectivity index (χ3n) is 5.66. The summed E-state index contributed by atoms with van der Waals surface area (Å²) in [5, 5.41) is 0.301. The van der Waals surface area contributed by atoms with Crippen LogP contribution in [-0.4, -0.2) is 36.4 Å². The van der Waals surface area contributed by atoms with Crippen LogP contribution in [0.15, 0.2) is 50.5 Å². The molecule has 8 nitrogen and oxygen atoms in total. The largest absolute Gasteiger partial charge is 0.417 e. The van der Waals surface area contributed by atoms with Gasteiger partial charge in [-0.3, -0.25) is 14.6 Å². The number of nitrogens with one attached hydrogen (secondary N) is 2. The molecule has 5 rings (SSSR count). The van der Waals surface area contributed by atoms with Gasteiger partial charge in [-0.2, -0.15) is 0 Å². The number of aromatic nitrogens is 2. The number of nitrogens with zero attached hydrogens (tertiary/aromatic N) is 2. The minimum absolute atomic E-state index is 0.00187. The molecule has 162 valence electrons. The van der Waals surface area contributed by atoms with Gasteiger partial charge in [-0.1, -0.05) is 24.3 Å². The second-order valence-electron chi connectivity index (χ2n) is 8.06. The number of piperidine rings is 1. The fourth-order valence-corrected chi connectivity index (χ4v) is 6.04. The van der Waals surface area contributed by atoms with Crippen molar-refractivity contribution in [2.45, 2.75) is 31.2 Å². The summed E-state index contributed by atoms with van der Waals surface area (Å²) in [5.41, 5.74) is 2.59. The highest BCUT2D eigenvalue weighted by Gasteiger charge is 2.19. The zero-order valence-electron chi connectivity index (χ0n) is 16.9. The van der Waals surface area contributed by atoms with Crippen LogP contribution in [0.25, 0.3) is 21.3 Å². The molecule has 0 saturated carbocycles. The normalized spacial score (nSPS) is 16.3. The molecule has 1 aliphatic rings. The first-order chi connectivity index (χ1) is 14.9. The van der Waals surface area contributed by atoms with Gasteiger partial charge in [0, 0.05) is 12.6 Å². The van der Waals surface area contributed by atoms with Crippen molar-refractivity contribution in [3.05, 3.63) is 52.5 Å². The molecular weight excluding hydrogens is 436 g/mol. The van der Waals surface area contributed by atoms with Crippen molar-refractivity contribution in [2.75, 3.05) is 17.8 Å². The van der Waals surface area contributed by atoms with E-state index >= 15 is 0 Å². The molecule has 1 fully saturated rings. The van der Waals surface area contributed by atoms with Gasteiger partial charge in [-0.05, 0) is 61.7 Å². The van der Waals surface area contributed by atoms with Gasteiger partial charge in [0.1, 0.15) is 0 Å². The number of aromatic amines is 1. The van der Waals surface area contributed by atoms with Crippen molar-refractivity contribution < 1.29 is 12.8 Å². The van der Waals surface area contributed by atoms with E-state index in [1.165, 1.54) is 47.9 Å². The number of sulfonamides is 1. The summed E-state index contributed by atoms with van der Waals surface area (Å²) < 4.78 is 34.0. The smallest absolute Gasteiger partial charge is 0.408 e. The van der Waals surface area contributed by atoms with Crippen molar-refractivity contribution in [1.29, 1.82) is 0 Å². The predicted octanol–water partition coefficient (Wildman–Crippen LogP) is 3.76. The van der Waals surface area contributed by atoms with Crippen LogP contribution in [0, 0.1) is 5.92 Å². The van der Waals surface area contributed by atoms with Crippen LogP contribution in [-0.2, 0) is 16.6 Å². The molecule has 1 saturated heterocycles. The fraction of sp³-hybridized carbons (Fsp3) is 0.333. The van der Waals surface area contributed by atoms with E-state index in [4.69, 9.17) is 4.42 Å². The lowest BCUT2D eigenvalue weighted by atomic mass is 9.99. The van der Waals surface area contributed by atoms with E-state index in [-0.39, 0.29) is 10.5 Å². The van der Waals surface area contributed by atoms with Gasteiger partial charge >= 0.3 is 5.76 Å². The Bertz CT molecular complexity index is 1410. The number of oxazole rings is 1. The molecule has 0 radical (unpaired) electrons. The van der Waals surface area contributed by atoms with Crippen molar-refractivity contribution in [1.82, 2.24) is 14.9 Å². The lowest BCUT2D eigenvalue weighted by molar-refractivity contribution is 0.185. The summed E-state index contributed by atoms with van der Waals surface area (Å²) in [4.78, 5) is 20.7. The van der Waals surface area contributed by atoms with Gasteiger partial charge in [0.15, 0.2) is 10.7 Å². The average molecular weight is 459 g/mol. The SMILES string of the molecule is CC1CCN(Cc2ccc3nc(NS(=O)(=O)c4ccc5[nH]c(=O)oc5c4)sc3c2)CC1. The highest BCUT2D eigenvalue weighted by Crippen LogP contribution is 2.30. The fourth-order valence-electron chi connectivity index (χ4n) is 3.86. The van der Waals surface area contributed by atoms with Crippen LogP contribution in [0.2, 0.25) is 0 Å². The maximum Gasteiger partial charge on any atom is 0.417 e. The van der Waals surface area contributed by atoms with Gasteiger partial charge in [-0.25, -0.2) is 18.2 Å². The standard InChI is InChI=1S/C21H22N4O4S2/c1-13-6-8-25(9-7-13)12-14-2-4-17-19(10-14)30-20(22-17)24-31(27,28)15-3-5-16-18(11-15)29-21(26)23-16/h2-5,10-11,13H,6-9,12H2,1H3,(H,22,24)(H,23,26). The monoisotopic (exact) mass is 458 g/mol. The van der Waals surface area contributed by atoms with Crippen LogP contribution in [0.3, 0.4) is 0 Å². The second kappa shape index (κ2) is 7.77. The van der Waals surface area contributed by atoms with Crippen LogP contribution in [0.1, 0.15) is 25.3 Å². The summed E-state index contributed by atoms with van der Waals surface area (Å²) in [7, 11) is -3.87. The summed E-state index contributed by atoms with van der Waals surface area (Å²) in [5.74, 6) is 0.170. The molecule has 2 aromatic heterocycles. The Labute approximate surface area is 183 Å². The Morgan fingerprint density at radius 3 is 2.84 bits per heavy atom. The number of thiazole rings is 1. The lowest BCUT2D eigenvalue weighted by Crippen LogP contribution is -2.32. The molecule has 1 aliphatic heterocycles. The molecule has 31 heavy (non-hydrogen) atoms.